The lowest BCUT2D eigenvalue weighted by molar-refractivity contribution is -0.217. The minimum absolute atomic E-state index is 0.0343. The number of aliphatic hydroxyl groups excluding tert-OH is 2. The molecule has 2 saturated heterocycles. The molecule has 220 valence electrons. The third-order valence-electron chi connectivity index (χ3n) is 8.15. The highest BCUT2D eigenvalue weighted by Crippen LogP contribution is 2.36. The zero-order valence-corrected chi connectivity index (χ0v) is 22.2. The zero-order chi connectivity index (χ0) is 28.6. The van der Waals surface area contributed by atoms with Crippen molar-refractivity contribution in [2.45, 2.75) is 80.8 Å². The van der Waals surface area contributed by atoms with Crippen LogP contribution in [-0.4, -0.2) is 106 Å². The van der Waals surface area contributed by atoms with E-state index in [-0.39, 0.29) is 29.8 Å². The number of rotatable bonds is 8. The molecule has 2 aliphatic heterocycles. The number of hydrogen-bond donors (Lipinski definition) is 2. The van der Waals surface area contributed by atoms with Crippen LogP contribution >= 0.6 is 0 Å². The van der Waals surface area contributed by atoms with E-state index in [1.165, 1.54) is 18.0 Å². The maximum atomic E-state index is 13.8. The molecule has 0 radical (unpaired) electrons. The van der Waals surface area contributed by atoms with Crippen LogP contribution < -0.4 is 0 Å². The number of methoxy groups -OCH3 is 2. The fraction of sp³-hybridized carbons (Fsp3) is 0.654. The molecule has 40 heavy (non-hydrogen) atoms. The van der Waals surface area contributed by atoms with Crippen molar-refractivity contribution in [1.82, 2.24) is 19.9 Å². The Balaban J connectivity index is 1.33. The Morgan fingerprint density at radius 1 is 1.07 bits per heavy atom. The molecule has 11 nitrogen and oxygen atoms in total. The third-order valence-corrected chi connectivity index (χ3v) is 8.15. The molecule has 1 aromatic carbocycles. The van der Waals surface area contributed by atoms with E-state index in [0.717, 1.165) is 37.8 Å². The Hall–Kier alpha value is -2.78. The van der Waals surface area contributed by atoms with Crippen LogP contribution in [0.5, 0.6) is 0 Å². The molecule has 0 bridgehead atoms. The Morgan fingerprint density at radius 2 is 1.77 bits per heavy atom. The van der Waals surface area contributed by atoms with Gasteiger partial charge in [-0.2, -0.15) is 0 Å². The van der Waals surface area contributed by atoms with Crippen molar-refractivity contribution in [3.8, 4) is 11.3 Å². The summed E-state index contributed by atoms with van der Waals surface area (Å²) < 4.78 is 65.1. The summed E-state index contributed by atoms with van der Waals surface area (Å²) in [7, 11) is 3.11. The van der Waals surface area contributed by atoms with Crippen molar-refractivity contribution in [3.63, 3.8) is 0 Å². The summed E-state index contributed by atoms with van der Waals surface area (Å²) in [5, 5.41) is 28.9. The van der Waals surface area contributed by atoms with Crippen molar-refractivity contribution in [2.24, 2.45) is 0 Å². The number of amides is 1. The highest BCUT2D eigenvalue weighted by atomic mass is 19.2. The van der Waals surface area contributed by atoms with Gasteiger partial charge in [-0.25, -0.2) is 22.6 Å². The first kappa shape index (κ1) is 28.7. The number of aromatic nitrogens is 3. The topological polar surface area (TPSA) is 128 Å². The van der Waals surface area contributed by atoms with Gasteiger partial charge in [0.05, 0.1) is 31.6 Å². The molecule has 1 saturated carbocycles. The van der Waals surface area contributed by atoms with Gasteiger partial charge in [-0.3, -0.25) is 0 Å². The molecule has 2 aromatic rings. The largest absolute Gasteiger partial charge is 0.444 e. The van der Waals surface area contributed by atoms with Gasteiger partial charge < -0.3 is 34.1 Å². The van der Waals surface area contributed by atoms with Gasteiger partial charge >= 0.3 is 6.09 Å². The maximum absolute atomic E-state index is 13.8. The first-order valence-corrected chi connectivity index (χ1v) is 13.3. The second kappa shape index (κ2) is 12.0. The van der Waals surface area contributed by atoms with E-state index in [4.69, 9.17) is 18.9 Å². The SMILES string of the molecule is COC1CCC(N2C[C@@H](C[C@H]3O[C@H](CO)[C@H](O)[C@H](n4cc(-c5cc(F)c(F)c(F)c5)nn4)[C@H]3OC)OC2=O)CC1. The summed E-state index contributed by atoms with van der Waals surface area (Å²) in [6.45, 7) is -0.149. The van der Waals surface area contributed by atoms with Gasteiger partial charge in [-0.1, -0.05) is 5.21 Å². The molecule has 3 heterocycles. The lowest BCUT2D eigenvalue weighted by Crippen LogP contribution is -2.57. The first-order chi connectivity index (χ1) is 19.2. The molecule has 1 aromatic heterocycles. The van der Waals surface area contributed by atoms with Crippen LogP contribution in [0, 0.1) is 17.5 Å². The van der Waals surface area contributed by atoms with Crippen LogP contribution in [0.3, 0.4) is 0 Å². The molecule has 2 N–H and O–H groups in total. The van der Waals surface area contributed by atoms with Crippen LogP contribution in [0.25, 0.3) is 11.3 Å². The molecule has 0 spiro atoms. The summed E-state index contributed by atoms with van der Waals surface area (Å²) in [4.78, 5) is 14.5. The number of nitrogens with zero attached hydrogens (tertiary/aromatic N) is 4. The highest BCUT2D eigenvalue weighted by Gasteiger charge is 2.49. The van der Waals surface area contributed by atoms with Crippen LogP contribution in [0.1, 0.15) is 38.1 Å². The smallest absolute Gasteiger partial charge is 0.410 e. The van der Waals surface area contributed by atoms with Crippen molar-refractivity contribution in [3.05, 3.63) is 35.8 Å². The predicted molar refractivity (Wildman–Crippen MR) is 132 cm³/mol. The van der Waals surface area contributed by atoms with E-state index in [0.29, 0.717) is 6.54 Å². The van der Waals surface area contributed by atoms with E-state index in [2.05, 4.69) is 10.3 Å². The molecule has 1 amide bonds. The Kier molecular flexibility index (Phi) is 8.61. The minimum atomic E-state index is -1.60. The fourth-order valence-electron chi connectivity index (χ4n) is 6.03. The normalized spacial score (nSPS) is 32.9. The van der Waals surface area contributed by atoms with E-state index in [9.17, 15) is 28.2 Å². The van der Waals surface area contributed by atoms with Crippen LogP contribution in [0.4, 0.5) is 18.0 Å². The quantitative estimate of drug-likeness (QED) is 0.459. The molecule has 1 aliphatic carbocycles. The van der Waals surface area contributed by atoms with Gasteiger partial charge in [0.25, 0.3) is 0 Å². The lowest BCUT2D eigenvalue weighted by Gasteiger charge is -2.44. The predicted octanol–water partition coefficient (Wildman–Crippen LogP) is 2.21. The van der Waals surface area contributed by atoms with Crippen LogP contribution in [0.15, 0.2) is 18.3 Å². The lowest BCUT2D eigenvalue weighted by atomic mass is 9.89. The summed E-state index contributed by atoms with van der Waals surface area (Å²) in [6.07, 6.45) is 0.368. The standard InChI is InChI=1S/C26H33F3N4O7/c1-37-15-5-3-14(4-6-15)32-10-16(39-26(32)36)9-20-25(38-2)23(24(35)21(12-34)40-20)33-11-19(30-31-33)13-7-17(27)22(29)18(28)8-13/h7-8,11,14-16,20-21,23-25,34-35H,3-6,9-10,12H2,1-2H3/t14?,15?,16-,20-,21-,23+,24+,25+/m1/s1. The molecule has 3 fully saturated rings. The van der Waals surface area contributed by atoms with Crippen molar-refractivity contribution in [1.29, 1.82) is 0 Å². The van der Waals surface area contributed by atoms with Gasteiger partial charge in [0, 0.05) is 32.2 Å². The van der Waals surface area contributed by atoms with E-state index < -0.39 is 66.7 Å². The van der Waals surface area contributed by atoms with Crippen molar-refractivity contribution in [2.75, 3.05) is 27.4 Å². The minimum Gasteiger partial charge on any atom is -0.444 e. The molecular weight excluding hydrogens is 537 g/mol. The molecule has 0 unspecified atom stereocenters. The Labute approximate surface area is 228 Å². The molecule has 14 heteroatoms. The van der Waals surface area contributed by atoms with Gasteiger partial charge in [0.15, 0.2) is 17.5 Å². The van der Waals surface area contributed by atoms with Gasteiger partial charge in [-0.15, -0.1) is 5.10 Å². The van der Waals surface area contributed by atoms with Gasteiger partial charge in [-0.05, 0) is 37.8 Å². The summed E-state index contributed by atoms with van der Waals surface area (Å²) in [6, 6.07) is 0.725. The van der Waals surface area contributed by atoms with Crippen molar-refractivity contribution >= 4 is 6.09 Å². The number of carbonyl (C=O) groups is 1. The number of benzene rings is 1. The summed E-state index contributed by atoms with van der Waals surface area (Å²) in [5.74, 6) is -4.35. The number of halogens is 3. The average Bonchev–Trinajstić information content (AvgIpc) is 3.58. The molecule has 5 rings (SSSR count). The fourth-order valence-corrected chi connectivity index (χ4v) is 6.03. The maximum Gasteiger partial charge on any atom is 0.410 e. The zero-order valence-electron chi connectivity index (χ0n) is 22.2. The number of carbonyl (C=O) groups excluding carboxylic acids is 1. The number of ether oxygens (including phenoxy) is 4. The van der Waals surface area contributed by atoms with E-state index in [1.54, 1.807) is 12.0 Å². The number of aliphatic hydroxyl groups is 2. The third kappa shape index (κ3) is 5.55. The number of cyclic esters (lactones) is 1. The van der Waals surface area contributed by atoms with Gasteiger partial charge in [0.1, 0.15) is 36.2 Å². The highest BCUT2D eigenvalue weighted by molar-refractivity contribution is 5.70. The van der Waals surface area contributed by atoms with Crippen molar-refractivity contribution < 1.29 is 47.1 Å². The monoisotopic (exact) mass is 570 g/mol. The average molecular weight is 571 g/mol. The Morgan fingerprint density at radius 3 is 2.40 bits per heavy atom. The summed E-state index contributed by atoms with van der Waals surface area (Å²) >= 11 is 0. The van der Waals surface area contributed by atoms with Gasteiger partial charge in [0.2, 0.25) is 0 Å². The van der Waals surface area contributed by atoms with Crippen LogP contribution in [0.2, 0.25) is 0 Å². The van der Waals surface area contributed by atoms with E-state index >= 15 is 0 Å². The molecule has 6 atom stereocenters. The molecular formula is C26H33F3N4O7. The second-order valence-electron chi connectivity index (χ2n) is 10.5. The Bertz CT molecular complexity index is 1170. The van der Waals surface area contributed by atoms with E-state index in [1.807, 2.05) is 0 Å². The van der Waals surface area contributed by atoms with Crippen LogP contribution in [-0.2, 0) is 18.9 Å². The molecule has 3 aliphatic rings. The summed E-state index contributed by atoms with van der Waals surface area (Å²) in [5.41, 5.74) is -0.0158. The second-order valence-corrected chi connectivity index (χ2v) is 10.5. The number of hydrogen-bond acceptors (Lipinski definition) is 9. The first-order valence-electron chi connectivity index (χ1n) is 13.3.